The maximum Gasteiger partial charge on any atom is 0.254 e. The van der Waals surface area contributed by atoms with Crippen LogP contribution >= 0.6 is 39.1 Å². The molecule has 1 amide bonds. The summed E-state index contributed by atoms with van der Waals surface area (Å²) in [5.41, 5.74) is 0.522. The van der Waals surface area contributed by atoms with E-state index in [9.17, 15) is 4.79 Å². The zero-order chi connectivity index (χ0) is 11.6. The molecule has 5 heteroatoms. The van der Waals surface area contributed by atoms with Crippen LogP contribution in [0.2, 0.25) is 10.0 Å². The molecule has 0 fully saturated rings. The van der Waals surface area contributed by atoms with E-state index in [-0.39, 0.29) is 5.91 Å². The van der Waals surface area contributed by atoms with Crippen molar-refractivity contribution < 1.29 is 4.79 Å². The van der Waals surface area contributed by atoms with E-state index in [2.05, 4.69) is 15.9 Å². The van der Waals surface area contributed by atoms with Crippen molar-refractivity contribution in [3.63, 3.8) is 0 Å². The van der Waals surface area contributed by atoms with E-state index in [1.165, 1.54) is 0 Å². The van der Waals surface area contributed by atoms with Crippen molar-refractivity contribution in [3.8, 4) is 0 Å². The van der Waals surface area contributed by atoms with Gasteiger partial charge in [-0.1, -0.05) is 23.2 Å². The monoisotopic (exact) mass is 309 g/mol. The van der Waals surface area contributed by atoms with Crippen LogP contribution in [-0.2, 0) is 0 Å². The summed E-state index contributed by atoms with van der Waals surface area (Å²) in [6.07, 6.45) is 0. The van der Waals surface area contributed by atoms with E-state index in [1.54, 1.807) is 24.1 Å². The molecule has 0 heterocycles. The summed E-state index contributed by atoms with van der Waals surface area (Å²) in [5, 5.41) is 0.797. The van der Waals surface area contributed by atoms with E-state index in [1.807, 2.05) is 6.92 Å². The Bertz CT molecular complexity index is 395. The second-order valence-corrected chi connectivity index (χ2v) is 4.62. The van der Waals surface area contributed by atoms with E-state index >= 15 is 0 Å². The van der Waals surface area contributed by atoms with Gasteiger partial charge < -0.3 is 4.90 Å². The number of nitrogens with zero attached hydrogens (tertiary/aromatic N) is 1. The van der Waals surface area contributed by atoms with Gasteiger partial charge in [-0.05, 0) is 35.0 Å². The number of benzene rings is 1. The summed E-state index contributed by atoms with van der Waals surface area (Å²) in [5.74, 6) is -0.0806. The SMILES string of the molecule is CCN(C)C(=O)c1ccc(Cl)c(Cl)c1Br. The average molecular weight is 311 g/mol. The van der Waals surface area contributed by atoms with Crippen LogP contribution in [0.15, 0.2) is 16.6 Å². The minimum atomic E-state index is -0.0806. The van der Waals surface area contributed by atoms with Crippen LogP contribution in [0.3, 0.4) is 0 Å². The Morgan fingerprint density at radius 1 is 1.47 bits per heavy atom. The van der Waals surface area contributed by atoms with Crippen LogP contribution in [0.1, 0.15) is 17.3 Å². The largest absolute Gasteiger partial charge is 0.342 e. The lowest BCUT2D eigenvalue weighted by molar-refractivity contribution is 0.0801. The van der Waals surface area contributed by atoms with E-state index in [0.717, 1.165) is 0 Å². The third-order valence-electron chi connectivity index (χ3n) is 2.09. The smallest absolute Gasteiger partial charge is 0.254 e. The normalized spacial score (nSPS) is 10.2. The summed E-state index contributed by atoms with van der Waals surface area (Å²) < 4.78 is 0.543. The molecule has 0 bridgehead atoms. The van der Waals surface area contributed by atoms with Gasteiger partial charge in [0.25, 0.3) is 5.91 Å². The van der Waals surface area contributed by atoms with Crippen LogP contribution in [0.25, 0.3) is 0 Å². The molecule has 15 heavy (non-hydrogen) atoms. The molecule has 0 saturated heterocycles. The van der Waals surface area contributed by atoms with Crippen molar-refractivity contribution in [2.45, 2.75) is 6.92 Å². The number of amides is 1. The van der Waals surface area contributed by atoms with Gasteiger partial charge >= 0.3 is 0 Å². The van der Waals surface area contributed by atoms with Gasteiger partial charge in [0, 0.05) is 13.6 Å². The van der Waals surface area contributed by atoms with Crippen LogP contribution in [0, 0.1) is 0 Å². The van der Waals surface area contributed by atoms with Crippen molar-refractivity contribution in [2.75, 3.05) is 13.6 Å². The molecule has 0 atom stereocenters. The highest BCUT2D eigenvalue weighted by Gasteiger charge is 2.16. The van der Waals surface area contributed by atoms with Crippen molar-refractivity contribution in [3.05, 3.63) is 32.2 Å². The highest BCUT2D eigenvalue weighted by Crippen LogP contribution is 2.33. The summed E-state index contributed by atoms with van der Waals surface area (Å²) in [7, 11) is 1.73. The summed E-state index contributed by atoms with van der Waals surface area (Å²) in [6, 6.07) is 3.28. The Morgan fingerprint density at radius 2 is 2.07 bits per heavy atom. The maximum absolute atomic E-state index is 11.9. The van der Waals surface area contributed by atoms with Crippen LogP contribution in [-0.4, -0.2) is 24.4 Å². The molecule has 0 saturated carbocycles. The van der Waals surface area contributed by atoms with Gasteiger partial charge in [0.2, 0.25) is 0 Å². The van der Waals surface area contributed by atoms with Gasteiger partial charge in [-0.3, -0.25) is 4.79 Å². The van der Waals surface area contributed by atoms with Crippen molar-refractivity contribution >= 4 is 45.0 Å². The number of halogens is 3. The minimum Gasteiger partial charge on any atom is -0.342 e. The third kappa shape index (κ3) is 2.65. The first kappa shape index (κ1) is 12.8. The van der Waals surface area contributed by atoms with Crippen molar-refractivity contribution in [1.29, 1.82) is 0 Å². The third-order valence-corrected chi connectivity index (χ3v) is 3.94. The molecular weight excluding hydrogens is 301 g/mol. The number of hydrogen-bond acceptors (Lipinski definition) is 1. The highest BCUT2D eigenvalue weighted by atomic mass is 79.9. The van der Waals surface area contributed by atoms with Crippen molar-refractivity contribution in [1.82, 2.24) is 4.90 Å². The molecule has 1 aromatic carbocycles. The van der Waals surface area contributed by atoms with Gasteiger partial charge in [-0.25, -0.2) is 0 Å². The lowest BCUT2D eigenvalue weighted by Crippen LogP contribution is -2.26. The predicted octanol–water partition coefficient (Wildman–Crippen LogP) is 3.85. The number of carbonyl (C=O) groups is 1. The number of hydrogen-bond donors (Lipinski definition) is 0. The van der Waals surface area contributed by atoms with Gasteiger partial charge in [0.15, 0.2) is 0 Å². The molecule has 0 aromatic heterocycles. The predicted molar refractivity (Wildman–Crippen MR) is 66.8 cm³/mol. The molecule has 0 aliphatic heterocycles. The van der Waals surface area contributed by atoms with Crippen LogP contribution in [0.4, 0.5) is 0 Å². The number of rotatable bonds is 2. The van der Waals surface area contributed by atoms with Crippen molar-refractivity contribution in [2.24, 2.45) is 0 Å². The number of carbonyl (C=O) groups excluding carboxylic acids is 1. The van der Waals surface area contributed by atoms with E-state index < -0.39 is 0 Å². The Labute approximate surface area is 107 Å². The fraction of sp³-hybridized carbons (Fsp3) is 0.300. The first-order chi connectivity index (χ1) is 6.99. The Hall–Kier alpha value is -0.250. The summed E-state index contributed by atoms with van der Waals surface area (Å²) >= 11 is 15.0. The Kier molecular flexibility index (Phi) is 4.44. The first-order valence-electron chi connectivity index (χ1n) is 4.38. The lowest BCUT2D eigenvalue weighted by Gasteiger charge is -2.16. The van der Waals surface area contributed by atoms with E-state index in [4.69, 9.17) is 23.2 Å². The second-order valence-electron chi connectivity index (χ2n) is 3.04. The van der Waals surface area contributed by atoms with Gasteiger partial charge in [0.05, 0.1) is 20.1 Å². The molecule has 2 nitrogen and oxygen atoms in total. The molecule has 0 N–H and O–H groups in total. The Morgan fingerprint density at radius 3 is 2.60 bits per heavy atom. The zero-order valence-corrected chi connectivity index (χ0v) is 11.4. The van der Waals surface area contributed by atoms with Gasteiger partial charge in [-0.15, -0.1) is 0 Å². The molecule has 0 aliphatic carbocycles. The van der Waals surface area contributed by atoms with E-state index in [0.29, 0.717) is 26.6 Å². The van der Waals surface area contributed by atoms with Gasteiger partial charge in [0.1, 0.15) is 0 Å². The Balaban J connectivity index is 3.16. The molecule has 0 radical (unpaired) electrons. The quantitative estimate of drug-likeness (QED) is 0.760. The fourth-order valence-electron chi connectivity index (χ4n) is 1.04. The molecule has 0 spiro atoms. The molecular formula is C10H10BrCl2NO. The highest BCUT2D eigenvalue weighted by molar-refractivity contribution is 9.10. The summed E-state index contributed by atoms with van der Waals surface area (Å²) in [4.78, 5) is 13.5. The average Bonchev–Trinajstić information content (AvgIpc) is 2.24. The molecule has 0 aliphatic rings. The lowest BCUT2D eigenvalue weighted by atomic mass is 10.2. The zero-order valence-electron chi connectivity index (χ0n) is 8.35. The summed E-state index contributed by atoms with van der Waals surface area (Å²) in [6.45, 7) is 2.55. The fourth-order valence-corrected chi connectivity index (χ4v) is 1.99. The maximum atomic E-state index is 11.9. The molecule has 82 valence electrons. The molecule has 1 rings (SSSR count). The standard InChI is InChI=1S/C10H10BrCl2NO/c1-3-14(2)10(15)6-4-5-7(12)9(13)8(6)11/h4-5H,3H2,1-2H3. The van der Waals surface area contributed by atoms with Gasteiger partial charge in [-0.2, -0.15) is 0 Å². The molecule has 0 unspecified atom stereocenters. The topological polar surface area (TPSA) is 20.3 Å². The van der Waals surface area contributed by atoms with Crippen LogP contribution in [0.5, 0.6) is 0 Å². The van der Waals surface area contributed by atoms with Crippen LogP contribution < -0.4 is 0 Å². The molecule has 1 aromatic rings. The second kappa shape index (κ2) is 5.19. The first-order valence-corrected chi connectivity index (χ1v) is 5.92. The minimum absolute atomic E-state index is 0.0806.